The number of aryl methyl sites for hydroxylation is 2. The van der Waals surface area contributed by atoms with Gasteiger partial charge in [-0.05, 0) is 61.1 Å². The number of methoxy groups -OCH3 is 1. The van der Waals surface area contributed by atoms with Crippen LogP contribution in [0.2, 0.25) is 0 Å². The summed E-state index contributed by atoms with van der Waals surface area (Å²) in [6, 6.07) is 3.96. The van der Waals surface area contributed by atoms with Gasteiger partial charge >= 0.3 is 5.97 Å². The average Bonchev–Trinajstić information content (AvgIpc) is 2.93. The first kappa shape index (κ1) is 14.9. The molecule has 0 saturated heterocycles. The van der Waals surface area contributed by atoms with Crippen LogP contribution >= 0.6 is 0 Å². The summed E-state index contributed by atoms with van der Waals surface area (Å²) in [6.45, 7) is 1.92. The number of benzene rings is 1. The fourth-order valence-electron chi connectivity index (χ4n) is 2.44. The van der Waals surface area contributed by atoms with Crippen molar-refractivity contribution in [3.8, 4) is 5.75 Å². The van der Waals surface area contributed by atoms with Crippen molar-refractivity contribution in [3.05, 3.63) is 45.0 Å². The van der Waals surface area contributed by atoms with Gasteiger partial charge in [-0.1, -0.05) is 5.11 Å². The molecule has 6 heteroatoms. The molecular weight excluding hydrogens is 270 g/mol. The van der Waals surface area contributed by atoms with E-state index in [4.69, 9.17) is 15.0 Å². The van der Waals surface area contributed by atoms with Gasteiger partial charge in [-0.25, -0.2) is 4.79 Å². The molecule has 0 fully saturated rings. The summed E-state index contributed by atoms with van der Waals surface area (Å²) in [6.07, 6.45) is 4.68. The number of hydrogen-bond donors (Lipinski definition) is 0. The maximum absolute atomic E-state index is 11.8. The molecule has 0 N–H and O–H groups in total. The predicted molar refractivity (Wildman–Crippen MR) is 78.8 cm³/mol. The lowest BCUT2D eigenvalue weighted by molar-refractivity contribution is -0.138. The third-order valence-corrected chi connectivity index (χ3v) is 3.37. The zero-order valence-corrected chi connectivity index (χ0v) is 12.1. The van der Waals surface area contributed by atoms with Crippen LogP contribution in [0.25, 0.3) is 16.5 Å². The van der Waals surface area contributed by atoms with Crippen molar-refractivity contribution in [2.75, 3.05) is 13.7 Å². The quantitative estimate of drug-likeness (QED) is 0.273. The summed E-state index contributed by atoms with van der Waals surface area (Å²) in [5.41, 5.74) is 11.7. The van der Waals surface area contributed by atoms with Gasteiger partial charge < -0.3 is 9.47 Å². The minimum absolute atomic E-state index is 0.0735. The summed E-state index contributed by atoms with van der Waals surface area (Å²) >= 11 is 0. The molecule has 0 radical (unpaired) electrons. The van der Waals surface area contributed by atoms with Crippen molar-refractivity contribution in [2.45, 2.75) is 26.2 Å². The van der Waals surface area contributed by atoms with Gasteiger partial charge in [-0.2, -0.15) is 0 Å². The molecule has 1 aliphatic carbocycles. The first-order chi connectivity index (χ1) is 10.2. The Morgan fingerprint density at radius 2 is 2.14 bits per heavy atom. The van der Waals surface area contributed by atoms with Gasteiger partial charge in [0.15, 0.2) is 0 Å². The molecule has 110 valence electrons. The number of fused-ring (bicyclic) bond motifs is 1. The molecule has 21 heavy (non-hydrogen) atoms. The Labute approximate surface area is 123 Å². The molecule has 0 aromatic heterocycles. The summed E-state index contributed by atoms with van der Waals surface area (Å²) < 4.78 is 10.2. The monoisotopic (exact) mass is 287 g/mol. The molecule has 0 aliphatic heterocycles. The van der Waals surface area contributed by atoms with E-state index in [9.17, 15) is 4.79 Å². The Bertz CT molecular complexity index is 631. The van der Waals surface area contributed by atoms with Gasteiger partial charge in [0.05, 0.1) is 13.7 Å². The molecule has 1 aliphatic rings. The molecule has 6 nitrogen and oxygen atoms in total. The van der Waals surface area contributed by atoms with E-state index < -0.39 is 5.97 Å². The summed E-state index contributed by atoms with van der Waals surface area (Å²) in [5.74, 6) is 0.0171. The van der Waals surface area contributed by atoms with E-state index in [0.717, 1.165) is 19.3 Å². The largest absolute Gasteiger partial charge is 0.496 e. The van der Waals surface area contributed by atoms with Gasteiger partial charge in [0.1, 0.15) is 11.4 Å². The van der Waals surface area contributed by atoms with Gasteiger partial charge in [0.2, 0.25) is 0 Å². The molecule has 0 unspecified atom stereocenters. The van der Waals surface area contributed by atoms with E-state index in [1.54, 1.807) is 14.0 Å². The van der Waals surface area contributed by atoms with Crippen LogP contribution < -0.4 is 4.74 Å². The lowest BCUT2D eigenvalue weighted by Gasteiger charge is -2.09. The topological polar surface area (TPSA) is 84.3 Å². The van der Waals surface area contributed by atoms with E-state index in [2.05, 4.69) is 10.0 Å². The van der Waals surface area contributed by atoms with Crippen molar-refractivity contribution in [1.29, 1.82) is 0 Å². The van der Waals surface area contributed by atoms with E-state index in [0.29, 0.717) is 11.3 Å². The van der Waals surface area contributed by atoms with E-state index in [1.165, 1.54) is 17.2 Å². The maximum Gasteiger partial charge on any atom is 0.340 e. The molecular formula is C15H17N3O3. The Hall–Kier alpha value is -2.46. The Morgan fingerprint density at radius 1 is 1.43 bits per heavy atom. The van der Waals surface area contributed by atoms with Gasteiger partial charge in [0, 0.05) is 10.5 Å². The number of esters is 1. The van der Waals surface area contributed by atoms with E-state index >= 15 is 0 Å². The third kappa shape index (κ3) is 3.35. The highest BCUT2D eigenvalue weighted by molar-refractivity contribution is 5.93. The number of rotatable bonds is 5. The second kappa shape index (κ2) is 6.81. The van der Waals surface area contributed by atoms with Crippen LogP contribution in [-0.4, -0.2) is 19.7 Å². The van der Waals surface area contributed by atoms with E-state index in [-0.39, 0.29) is 12.3 Å². The Kier molecular flexibility index (Phi) is 4.85. The third-order valence-electron chi connectivity index (χ3n) is 3.37. The van der Waals surface area contributed by atoms with Crippen LogP contribution in [0.1, 0.15) is 30.0 Å². The Morgan fingerprint density at radius 3 is 2.76 bits per heavy atom. The Balaban J connectivity index is 2.45. The zero-order chi connectivity index (χ0) is 15.2. The highest BCUT2D eigenvalue weighted by Gasteiger charge is 2.16. The highest BCUT2D eigenvalue weighted by atomic mass is 16.5. The highest BCUT2D eigenvalue weighted by Crippen LogP contribution is 2.31. The number of carbonyl (C=O) groups excluding carboxylic acids is 1. The lowest BCUT2D eigenvalue weighted by atomic mass is 10.0. The minimum atomic E-state index is -0.641. The number of hydrogen-bond acceptors (Lipinski definition) is 4. The lowest BCUT2D eigenvalue weighted by Crippen LogP contribution is -2.05. The number of nitrogens with zero attached hydrogens (tertiary/aromatic N) is 3. The van der Waals surface area contributed by atoms with Gasteiger partial charge in [0.25, 0.3) is 0 Å². The van der Waals surface area contributed by atoms with Crippen LogP contribution in [0.15, 0.2) is 22.9 Å². The molecule has 1 aromatic carbocycles. The first-order valence-corrected chi connectivity index (χ1v) is 6.83. The van der Waals surface area contributed by atoms with Crippen LogP contribution in [0.4, 0.5) is 0 Å². The molecule has 0 spiro atoms. The second-order valence-corrected chi connectivity index (χ2v) is 4.66. The van der Waals surface area contributed by atoms with Crippen molar-refractivity contribution in [1.82, 2.24) is 0 Å². The fourth-order valence-corrected chi connectivity index (χ4v) is 2.44. The molecule has 0 bridgehead atoms. The van der Waals surface area contributed by atoms with Crippen molar-refractivity contribution in [3.63, 3.8) is 0 Å². The van der Waals surface area contributed by atoms with Crippen LogP contribution in [0.3, 0.4) is 0 Å². The molecule has 0 amide bonds. The number of azide groups is 1. The van der Waals surface area contributed by atoms with E-state index in [1.807, 2.05) is 12.1 Å². The van der Waals surface area contributed by atoms with Crippen LogP contribution in [0.5, 0.6) is 5.75 Å². The van der Waals surface area contributed by atoms with Crippen LogP contribution in [0, 0.1) is 0 Å². The van der Waals surface area contributed by atoms with Crippen molar-refractivity contribution < 1.29 is 14.3 Å². The van der Waals surface area contributed by atoms with Crippen LogP contribution in [-0.2, 0) is 22.4 Å². The smallest absolute Gasteiger partial charge is 0.340 e. The SMILES string of the molecule is CCOC(=O)C(=Cc1cc2c(cc1OC)CCC2)N=[N+]=[N-]. The summed E-state index contributed by atoms with van der Waals surface area (Å²) in [4.78, 5) is 14.5. The number of ether oxygens (including phenoxy) is 2. The molecule has 1 aromatic rings. The van der Waals surface area contributed by atoms with Crippen molar-refractivity contribution >= 4 is 12.0 Å². The maximum atomic E-state index is 11.8. The van der Waals surface area contributed by atoms with Crippen molar-refractivity contribution in [2.24, 2.45) is 5.11 Å². The summed E-state index contributed by atoms with van der Waals surface area (Å²) in [5, 5.41) is 3.42. The summed E-state index contributed by atoms with van der Waals surface area (Å²) in [7, 11) is 1.58. The molecule has 0 heterocycles. The molecule has 0 atom stereocenters. The molecule has 0 saturated carbocycles. The second-order valence-electron chi connectivity index (χ2n) is 4.66. The normalized spacial score (nSPS) is 13.3. The zero-order valence-electron chi connectivity index (χ0n) is 12.1. The standard InChI is InChI=1S/C15H17N3O3/c1-3-21-15(19)13(17-18-16)8-12-7-10-5-4-6-11(10)9-14(12)20-2/h7-9H,3-6H2,1-2H3. The fraction of sp³-hybridized carbons (Fsp3) is 0.400. The minimum Gasteiger partial charge on any atom is -0.496 e. The number of carbonyl (C=O) groups is 1. The van der Waals surface area contributed by atoms with Gasteiger partial charge in [-0.3, -0.25) is 0 Å². The van der Waals surface area contributed by atoms with Gasteiger partial charge in [-0.15, -0.1) is 0 Å². The predicted octanol–water partition coefficient (Wildman–Crippen LogP) is 3.40. The first-order valence-electron chi connectivity index (χ1n) is 6.83. The average molecular weight is 287 g/mol. The molecule has 2 rings (SSSR count).